The highest BCUT2D eigenvalue weighted by Gasteiger charge is 2.21. The van der Waals surface area contributed by atoms with Crippen LogP contribution in [0.2, 0.25) is 0 Å². The van der Waals surface area contributed by atoms with Crippen LogP contribution in [0.3, 0.4) is 0 Å². The fourth-order valence-electron chi connectivity index (χ4n) is 4.04. The van der Waals surface area contributed by atoms with E-state index in [2.05, 4.69) is 64.9 Å². The monoisotopic (exact) mass is 349 g/mol. The van der Waals surface area contributed by atoms with Crippen LogP contribution < -0.4 is 9.80 Å². The average Bonchev–Trinajstić information content (AvgIpc) is 3.01. The molecule has 0 unspecified atom stereocenters. The van der Waals surface area contributed by atoms with E-state index >= 15 is 0 Å². The van der Waals surface area contributed by atoms with Crippen LogP contribution in [0.25, 0.3) is 21.8 Å². The van der Waals surface area contributed by atoms with E-state index in [0.717, 1.165) is 45.8 Å². The second-order valence-corrected chi connectivity index (χ2v) is 7.12. The van der Waals surface area contributed by atoms with Crippen molar-refractivity contribution < 1.29 is 14.9 Å². The van der Waals surface area contributed by atoms with Crippen LogP contribution in [0.15, 0.2) is 48.5 Å². The van der Waals surface area contributed by atoms with Gasteiger partial charge in [0.25, 0.3) is 0 Å². The Labute approximate surface area is 154 Å². The van der Waals surface area contributed by atoms with Crippen molar-refractivity contribution in [3.8, 4) is 11.8 Å². The Balaban J connectivity index is 1.45. The van der Waals surface area contributed by atoms with E-state index in [0.29, 0.717) is 6.61 Å². The molecule has 26 heavy (non-hydrogen) atoms. The lowest BCUT2D eigenvalue weighted by atomic mass is 10.2. The van der Waals surface area contributed by atoms with Gasteiger partial charge in [-0.15, -0.1) is 0 Å². The first kappa shape index (κ1) is 17.1. The Kier molecular flexibility index (Phi) is 5.21. The molecule has 4 rings (SSSR count). The van der Waals surface area contributed by atoms with Crippen molar-refractivity contribution in [3.05, 3.63) is 48.5 Å². The van der Waals surface area contributed by atoms with Crippen LogP contribution in [-0.4, -0.2) is 55.5 Å². The number of para-hydroxylation sites is 2. The molecule has 4 nitrogen and oxygen atoms in total. The molecule has 2 aromatic carbocycles. The van der Waals surface area contributed by atoms with Gasteiger partial charge < -0.3 is 19.5 Å². The highest BCUT2D eigenvalue weighted by atomic mass is 16.3. The number of aromatic nitrogens is 1. The van der Waals surface area contributed by atoms with Crippen molar-refractivity contribution in [3.63, 3.8) is 0 Å². The molecular weight excluding hydrogens is 322 g/mol. The van der Waals surface area contributed by atoms with Crippen molar-refractivity contribution in [2.75, 3.05) is 45.9 Å². The third kappa shape index (κ3) is 3.47. The fraction of sp³-hybridized carbons (Fsp3) is 0.364. The van der Waals surface area contributed by atoms with E-state index < -0.39 is 0 Å². The van der Waals surface area contributed by atoms with Crippen LogP contribution in [0.1, 0.15) is 0 Å². The molecule has 1 aromatic heterocycles. The van der Waals surface area contributed by atoms with Gasteiger partial charge in [-0.3, -0.25) is 0 Å². The van der Waals surface area contributed by atoms with E-state index in [1.165, 1.54) is 26.7 Å². The smallest absolute Gasteiger partial charge is 0.139 e. The largest absolute Gasteiger partial charge is 0.391 e. The number of quaternary nitrogens is 2. The summed E-state index contributed by atoms with van der Waals surface area (Å²) in [6.45, 7) is 7.43. The maximum Gasteiger partial charge on any atom is 0.139 e. The predicted octanol–water partition coefficient (Wildman–Crippen LogP) is -0.426. The van der Waals surface area contributed by atoms with Gasteiger partial charge in [-0.05, 0) is 18.1 Å². The van der Waals surface area contributed by atoms with Crippen molar-refractivity contribution in [2.24, 2.45) is 0 Å². The zero-order valence-electron chi connectivity index (χ0n) is 15.2. The SMILES string of the molecule is OCC[NH+]1CC[NH+](CC#CCn2c3ccccc3c3ccccc32)CC1. The number of piperazine rings is 1. The maximum absolute atomic E-state index is 9.05. The summed E-state index contributed by atoms with van der Waals surface area (Å²) in [6.07, 6.45) is 0. The van der Waals surface area contributed by atoms with Crippen LogP contribution in [0.5, 0.6) is 0 Å². The van der Waals surface area contributed by atoms with Crippen molar-refractivity contribution in [1.82, 2.24) is 4.57 Å². The van der Waals surface area contributed by atoms with Gasteiger partial charge in [-0.2, -0.15) is 0 Å². The first-order chi connectivity index (χ1) is 12.9. The third-order valence-electron chi connectivity index (χ3n) is 5.51. The van der Waals surface area contributed by atoms with Crippen molar-refractivity contribution >= 4 is 21.8 Å². The third-order valence-corrected chi connectivity index (χ3v) is 5.51. The summed E-state index contributed by atoms with van der Waals surface area (Å²) in [5, 5.41) is 11.7. The lowest BCUT2D eigenvalue weighted by molar-refractivity contribution is -1.01. The highest BCUT2D eigenvalue weighted by molar-refractivity contribution is 6.07. The zero-order chi connectivity index (χ0) is 17.8. The molecule has 0 bridgehead atoms. The van der Waals surface area contributed by atoms with E-state index in [-0.39, 0.29) is 0 Å². The molecular formula is C22H27N3O+2. The first-order valence-corrected chi connectivity index (χ1v) is 9.56. The molecule has 0 atom stereocenters. The van der Waals surface area contributed by atoms with Gasteiger partial charge in [0.05, 0.1) is 13.2 Å². The molecule has 3 aromatic rings. The molecule has 0 spiro atoms. The number of fused-ring (bicyclic) bond motifs is 3. The topological polar surface area (TPSA) is 34.0 Å². The molecule has 0 saturated carbocycles. The second-order valence-electron chi connectivity index (χ2n) is 7.12. The Morgan fingerprint density at radius 3 is 2.00 bits per heavy atom. The summed E-state index contributed by atoms with van der Waals surface area (Å²) >= 11 is 0. The van der Waals surface area contributed by atoms with Gasteiger partial charge in [0, 0.05) is 21.8 Å². The summed E-state index contributed by atoms with van der Waals surface area (Å²) < 4.78 is 2.33. The molecule has 134 valence electrons. The molecule has 2 heterocycles. The number of hydrogen-bond donors (Lipinski definition) is 3. The Morgan fingerprint density at radius 2 is 1.38 bits per heavy atom. The van der Waals surface area contributed by atoms with Crippen LogP contribution in [-0.2, 0) is 6.54 Å². The first-order valence-electron chi connectivity index (χ1n) is 9.56. The molecule has 4 heteroatoms. The maximum atomic E-state index is 9.05. The van der Waals surface area contributed by atoms with Gasteiger partial charge in [-0.25, -0.2) is 0 Å². The molecule has 1 aliphatic rings. The minimum Gasteiger partial charge on any atom is -0.391 e. The van der Waals surface area contributed by atoms with Crippen molar-refractivity contribution in [1.29, 1.82) is 0 Å². The Bertz CT molecular complexity index is 889. The molecule has 1 saturated heterocycles. The lowest BCUT2D eigenvalue weighted by Gasteiger charge is -2.28. The van der Waals surface area contributed by atoms with Gasteiger partial charge in [0.1, 0.15) is 39.3 Å². The van der Waals surface area contributed by atoms with Gasteiger partial charge in [0.15, 0.2) is 0 Å². The number of rotatable bonds is 4. The molecule has 0 aliphatic carbocycles. The normalized spacial score (nSPS) is 20.2. The van der Waals surface area contributed by atoms with E-state index in [1.807, 2.05) is 0 Å². The quantitative estimate of drug-likeness (QED) is 0.549. The van der Waals surface area contributed by atoms with E-state index in [4.69, 9.17) is 5.11 Å². The van der Waals surface area contributed by atoms with Gasteiger partial charge in [-0.1, -0.05) is 42.3 Å². The molecule has 0 radical (unpaired) electrons. The molecule has 1 aliphatic heterocycles. The van der Waals surface area contributed by atoms with Crippen LogP contribution in [0.4, 0.5) is 0 Å². The summed E-state index contributed by atoms with van der Waals surface area (Å²) in [5.74, 6) is 6.80. The van der Waals surface area contributed by atoms with Crippen LogP contribution in [0, 0.1) is 11.8 Å². The summed E-state index contributed by atoms with van der Waals surface area (Å²) in [5.41, 5.74) is 2.52. The number of aliphatic hydroxyl groups is 1. The standard InChI is InChI=1S/C22H25N3O/c26-18-17-24-15-13-23(14-16-24)11-5-6-12-25-21-9-3-1-7-19(21)20-8-2-4-10-22(20)25/h1-4,7-10,26H,11-18H2/p+2. The van der Waals surface area contributed by atoms with Gasteiger partial charge >= 0.3 is 0 Å². The van der Waals surface area contributed by atoms with E-state index in [1.54, 1.807) is 4.90 Å². The summed E-state index contributed by atoms with van der Waals surface area (Å²) in [4.78, 5) is 3.09. The van der Waals surface area contributed by atoms with E-state index in [9.17, 15) is 0 Å². The van der Waals surface area contributed by atoms with Gasteiger partial charge in [0.2, 0.25) is 0 Å². The minimum absolute atomic E-state index is 0.295. The summed E-state index contributed by atoms with van der Waals surface area (Å²) in [6, 6.07) is 17.2. The molecule has 1 fully saturated rings. The molecule has 0 amide bonds. The lowest BCUT2D eigenvalue weighted by Crippen LogP contribution is -3.28. The fourth-order valence-corrected chi connectivity index (χ4v) is 4.04. The number of aliphatic hydroxyl groups excluding tert-OH is 1. The zero-order valence-corrected chi connectivity index (χ0v) is 15.2. The minimum atomic E-state index is 0.295. The summed E-state index contributed by atoms with van der Waals surface area (Å²) in [7, 11) is 0. The average molecular weight is 349 g/mol. The number of hydrogen-bond acceptors (Lipinski definition) is 1. The predicted molar refractivity (Wildman–Crippen MR) is 105 cm³/mol. The Hall–Kier alpha value is -2.32. The van der Waals surface area contributed by atoms with Crippen LogP contribution >= 0.6 is 0 Å². The molecule has 3 N–H and O–H groups in total. The Morgan fingerprint density at radius 1 is 0.808 bits per heavy atom. The number of nitrogens with zero attached hydrogens (tertiary/aromatic N) is 1. The number of nitrogens with one attached hydrogen (secondary N) is 2. The second kappa shape index (κ2) is 7.92. The van der Waals surface area contributed by atoms with Crippen molar-refractivity contribution in [2.45, 2.75) is 6.54 Å². The highest BCUT2D eigenvalue weighted by Crippen LogP contribution is 2.28. The number of benzene rings is 2.